The number of ether oxygens (including phenoxy) is 1. The Morgan fingerprint density at radius 3 is 2.20 bits per heavy atom. The van der Waals surface area contributed by atoms with E-state index < -0.39 is 16.9 Å². The lowest BCUT2D eigenvalue weighted by Gasteiger charge is -2.05. The Kier molecular flexibility index (Phi) is 8.86. The van der Waals surface area contributed by atoms with Crippen LogP contribution < -0.4 is 0 Å². The number of H-pyrrole nitrogens is 1. The maximum absolute atomic E-state index is 12.3. The number of nitro groups is 1. The van der Waals surface area contributed by atoms with Crippen LogP contribution in [0.25, 0.3) is 46.1 Å². The first-order valence-corrected chi connectivity index (χ1v) is 13.6. The Labute approximate surface area is 253 Å². The summed E-state index contributed by atoms with van der Waals surface area (Å²) in [7, 11) is 0. The Hall–Kier alpha value is -6.09. The lowest BCUT2D eigenvalue weighted by atomic mass is 10.0. The second-order valence-electron chi connectivity index (χ2n) is 9.93. The number of nitrogens with one attached hydrogen (secondary N) is 1. The van der Waals surface area contributed by atoms with Crippen molar-refractivity contribution in [3.63, 3.8) is 0 Å². The standard InChI is InChI=1S/C35H27N3O6/c1-23-5-4-6-26(21-23)22-44-32(41)20-14-25-11-17-28(18-12-25)34-33(27-15-9-24(10-16-27)13-19-31(39)40)36-35(37-34)29-7-2-3-8-30(29)38(42)43/h2-21H,22H2,1H3,(H,36,37)(H,39,40)/b19-13+,20-14+. The van der Waals surface area contributed by atoms with Gasteiger partial charge in [0.15, 0.2) is 0 Å². The summed E-state index contributed by atoms with van der Waals surface area (Å²) in [5.74, 6) is -1.17. The number of carboxylic acids is 1. The number of aromatic amines is 1. The maximum atomic E-state index is 12.3. The minimum absolute atomic E-state index is 0.0803. The smallest absolute Gasteiger partial charge is 0.331 e. The van der Waals surface area contributed by atoms with E-state index in [9.17, 15) is 19.7 Å². The highest BCUT2D eigenvalue weighted by Crippen LogP contribution is 2.36. The molecule has 0 fully saturated rings. The van der Waals surface area contributed by atoms with E-state index in [-0.39, 0.29) is 12.3 Å². The fourth-order valence-electron chi connectivity index (χ4n) is 4.60. The first-order valence-electron chi connectivity index (χ1n) is 13.6. The van der Waals surface area contributed by atoms with Crippen molar-refractivity contribution in [3.05, 3.63) is 142 Å². The van der Waals surface area contributed by atoms with Crippen LogP contribution in [0.15, 0.2) is 109 Å². The molecule has 218 valence electrons. The minimum Gasteiger partial charge on any atom is -0.478 e. The highest BCUT2D eigenvalue weighted by Gasteiger charge is 2.21. The molecule has 0 aliphatic rings. The molecule has 0 amide bonds. The number of hydrogen-bond acceptors (Lipinski definition) is 6. The Morgan fingerprint density at radius 2 is 1.55 bits per heavy atom. The van der Waals surface area contributed by atoms with Gasteiger partial charge in [-0.25, -0.2) is 14.6 Å². The van der Waals surface area contributed by atoms with Gasteiger partial charge in [0.2, 0.25) is 0 Å². The number of carbonyl (C=O) groups is 2. The molecule has 9 heteroatoms. The molecule has 4 aromatic carbocycles. The quantitative estimate of drug-likeness (QED) is 0.0750. The van der Waals surface area contributed by atoms with E-state index >= 15 is 0 Å². The summed E-state index contributed by atoms with van der Waals surface area (Å²) in [6, 6.07) is 28.7. The number of nitrogens with zero attached hydrogens (tertiary/aromatic N) is 2. The zero-order valence-corrected chi connectivity index (χ0v) is 23.6. The van der Waals surface area contributed by atoms with Gasteiger partial charge in [-0.1, -0.05) is 90.5 Å². The van der Waals surface area contributed by atoms with E-state index in [1.165, 1.54) is 18.2 Å². The van der Waals surface area contributed by atoms with Crippen molar-refractivity contribution in [2.45, 2.75) is 13.5 Å². The van der Waals surface area contributed by atoms with Gasteiger partial charge in [0.1, 0.15) is 12.4 Å². The number of aliphatic carboxylic acids is 1. The summed E-state index contributed by atoms with van der Waals surface area (Å²) in [6.45, 7) is 2.16. The van der Waals surface area contributed by atoms with Gasteiger partial charge in [0, 0.05) is 29.3 Å². The third kappa shape index (κ3) is 7.21. The van der Waals surface area contributed by atoms with E-state index in [1.54, 1.807) is 36.4 Å². The normalized spacial score (nSPS) is 11.2. The summed E-state index contributed by atoms with van der Waals surface area (Å²) >= 11 is 0. The fraction of sp³-hybridized carbons (Fsp3) is 0.0571. The summed E-state index contributed by atoms with van der Waals surface area (Å²) in [5.41, 5.74) is 6.44. The van der Waals surface area contributed by atoms with Crippen molar-refractivity contribution in [3.8, 4) is 33.9 Å². The summed E-state index contributed by atoms with van der Waals surface area (Å²) in [6.07, 6.45) is 5.58. The van der Waals surface area contributed by atoms with Crippen LogP contribution in [0, 0.1) is 17.0 Å². The van der Waals surface area contributed by atoms with Gasteiger partial charge in [-0.15, -0.1) is 0 Å². The second-order valence-corrected chi connectivity index (χ2v) is 9.93. The number of carboxylic acid groups (broad SMARTS) is 1. The van der Waals surface area contributed by atoms with Crippen molar-refractivity contribution in [2.24, 2.45) is 0 Å². The molecule has 2 N–H and O–H groups in total. The van der Waals surface area contributed by atoms with Crippen molar-refractivity contribution in [2.75, 3.05) is 0 Å². The van der Waals surface area contributed by atoms with E-state index in [1.807, 2.05) is 67.6 Å². The largest absolute Gasteiger partial charge is 0.478 e. The molecule has 5 aromatic rings. The lowest BCUT2D eigenvalue weighted by molar-refractivity contribution is -0.384. The predicted molar refractivity (Wildman–Crippen MR) is 168 cm³/mol. The van der Waals surface area contributed by atoms with Crippen LogP contribution in [0.2, 0.25) is 0 Å². The lowest BCUT2D eigenvalue weighted by Crippen LogP contribution is -2.00. The first-order chi connectivity index (χ1) is 21.3. The average molecular weight is 586 g/mol. The molecule has 0 aliphatic carbocycles. The average Bonchev–Trinajstić information content (AvgIpc) is 3.48. The predicted octanol–water partition coefficient (Wildman–Crippen LogP) is 7.48. The molecule has 5 rings (SSSR count). The van der Waals surface area contributed by atoms with E-state index in [2.05, 4.69) is 4.98 Å². The van der Waals surface area contributed by atoms with E-state index in [0.29, 0.717) is 28.3 Å². The van der Waals surface area contributed by atoms with Gasteiger partial charge in [-0.2, -0.15) is 0 Å². The summed E-state index contributed by atoms with van der Waals surface area (Å²) in [4.78, 5) is 42.5. The van der Waals surface area contributed by atoms with E-state index in [4.69, 9.17) is 14.8 Å². The third-order valence-corrected chi connectivity index (χ3v) is 6.74. The Balaban J connectivity index is 1.42. The maximum Gasteiger partial charge on any atom is 0.331 e. The van der Waals surface area contributed by atoms with Crippen molar-refractivity contribution in [1.29, 1.82) is 0 Å². The molecule has 0 saturated carbocycles. The number of hydrogen-bond donors (Lipinski definition) is 2. The van der Waals surface area contributed by atoms with Gasteiger partial charge in [-0.05, 0) is 41.8 Å². The van der Waals surface area contributed by atoms with Crippen molar-refractivity contribution >= 4 is 29.8 Å². The van der Waals surface area contributed by atoms with Crippen LogP contribution >= 0.6 is 0 Å². The zero-order chi connectivity index (χ0) is 31.1. The summed E-state index contributed by atoms with van der Waals surface area (Å²) < 4.78 is 5.35. The molecule has 0 bridgehead atoms. The van der Waals surface area contributed by atoms with Crippen LogP contribution in [0.1, 0.15) is 22.3 Å². The van der Waals surface area contributed by atoms with Gasteiger partial charge in [-0.3, -0.25) is 10.1 Å². The van der Waals surface area contributed by atoms with E-state index in [0.717, 1.165) is 33.9 Å². The molecule has 1 aromatic heterocycles. The number of para-hydroxylation sites is 1. The van der Waals surface area contributed by atoms with Gasteiger partial charge < -0.3 is 14.8 Å². The van der Waals surface area contributed by atoms with Crippen LogP contribution in [0.4, 0.5) is 5.69 Å². The number of aromatic nitrogens is 2. The minimum atomic E-state index is -1.05. The van der Waals surface area contributed by atoms with Crippen molar-refractivity contribution < 1.29 is 24.4 Å². The number of aryl methyl sites for hydroxylation is 1. The second kappa shape index (κ2) is 13.3. The molecule has 0 aliphatic heterocycles. The zero-order valence-electron chi connectivity index (χ0n) is 23.6. The molecule has 0 unspecified atom stereocenters. The highest BCUT2D eigenvalue weighted by atomic mass is 16.6. The number of imidazole rings is 1. The summed E-state index contributed by atoms with van der Waals surface area (Å²) in [5, 5.41) is 20.6. The molecule has 0 radical (unpaired) electrons. The van der Waals surface area contributed by atoms with Crippen LogP contribution in [-0.4, -0.2) is 31.9 Å². The molecule has 9 nitrogen and oxygen atoms in total. The Morgan fingerprint density at radius 1 is 0.886 bits per heavy atom. The van der Waals surface area contributed by atoms with Crippen LogP contribution in [0.3, 0.4) is 0 Å². The molecule has 44 heavy (non-hydrogen) atoms. The van der Waals surface area contributed by atoms with Gasteiger partial charge in [0.25, 0.3) is 5.69 Å². The molecule has 0 saturated heterocycles. The molecule has 0 spiro atoms. The van der Waals surface area contributed by atoms with Gasteiger partial charge in [0.05, 0.1) is 21.9 Å². The number of esters is 1. The van der Waals surface area contributed by atoms with Crippen LogP contribution in [0.5, 0.6) is 0 Å². The SMILES string of the molecule is Cc1cccc(COC(=O)/C=C/c2ccc(-c3[nH]c(-c4ccccc4[N+](=O)[O-])nc3-c3ccc(/C=C/C(=O)O)cc3)cc2)c1. The Bertz CT molecular complexity index is 1890. The molecule has 1 heterocycles. The number of rotatable bonds is 10. The monoisotopic (exact) mass is 585 g/mol. The number of benzene rings is 4. The van der Waals surface area contributed by atoms with Crippen molar-refractivity contribution in [1.82, 2.24) is 9.97 Å². The first kappa shape index (κ1) is 29.4. The number of nitro benzene ring substituents is 1. The van der Waals surface area contributed by atoms with Crippen LogP contribution in [-0.2, 0) is 20.9 Å². The molecular formula is C35H27N3O6. The van der Waals surface area contributed by atoms with Gasteiger partial charge >= 0.3 is 11.9 Å². The topological polar surface area (TPSA) is 135 Å². The molecule has 0 atom stereocenters. The third-order valence-electron chi connectivity index (χ3n) is 6.74. The molecular weight excluding hydrogens is 558 g/mol. The fourth-order valence-corrected chi connectivity index (χ4v) is 4.60. The highest BCUT2D eigenvalue weighted by molar-refractivity contribution is 5.88. The number of carbonyl (C=O) groups excluding carboxylic acids is 1.